The first-order valence-electron chi connectivity index (χ1n) is 8.97. The third kappa shape index (κ3) is 4.06. The van der Waals surface area contributed by atoms with E-state index in [2.05, 4.69) is 11.8 Å². The van der Waals surface area contributed by atoms with Crippen LogP contribution >= 0.6 is 0 Å². The van der Waals surface area contributed by atoms with Crippen molar-refractivity contribution in [2.75, 3.05) is 25.5 Å². The number of amides is 2. The van der Waals surface area contributed by atoms with E-state index in [0.717, 1.165) is 21.6 Å². The molecule has 0 fully saturated rings. The highest BCUT2D eigenvalue weighted by molar-refractivity contribution is 6.01. The Morgan fingerprint density at radius 2 is 1.68 bits per heavy atom. The largest absolute Gasteiger partial charge is 0.380 e. The van der Waals surface area contributed by atoms with Crippen LogP contribution in [0.2, 0.25) is 0 Å². The van der Waals surface area contributed by atoms with Gasteiger partial charge in [0.15, 0.2) is 12.2 Å². The van der Waals surface area contributed by atoms with Crippen molar-refractivity contribution in [3.63, 3.8) is 0 Å². The summed E-state index contributed by atoms with van der Waals surface area (Å²) in [5, 5.41) is 20.2. The van der Waals surface area contributed by atoms with Crippen molar-refractivity contribution in [1.29, 1.82) is 0 Å². The van der Waals surface area contributed by atoms with Crippen molar-refractivity contribution < 1.29 is 19.8 Å². The normalized spacial score (nSPS) is 14.5. The zero-order valence-electron chi connectivity index (χ0n) is 15.8. The van der Waals surface area contributed by atoms with Crippen molar-refractivity contribution in [2.24, 2.45) is 0 Å². The van der Waals surface area contributed by atoms with Crippen LogP contribution in [0.1, 0.15) is 16.7 Å². The zero-order chi connectivity index (χ0) is 20.3. The van der Waals surface area contributed by atoms with Gasteiger partial charge in [-0.25, -0.2) is 0 Å². The molecule has 2 amide bonds. The summed E-state index contributed by atoms with van der Waals surface area (Å²) in [7, 11) is 2.90. The van der Waals surface area contributed by atoms with E-state index in [1.165, 1.54) is 19.0 Å². The van der Waals surface area contributed by atoms with Crippen molar-refractivity contribution in [3.8, 4) is 11.8 Å². The van der Waals surface area contributed by atoms with E-state index in [9.17, 15) is 19.8 Å². The van der Waals surface area contributed by atoms with Gasteiger partial charge in [0.25, 0.3) is 11.8 Å². The van der Waals surface area contributed by atoms with E-state index in [1.54, 1.807) is 6.07 Å². The van der Waals surface area contributed by atoms with E-state index in [4.69, 9.17) is 0 Å². The quantitative estimate of drug-likeness (QED) is 0.774. The molecule has 0 radical (unpaired) electrons. The first-order valence-corrected chi connectivity index (χ1v) is 8.97. The molecule has 3 rings (SSSR count). The summed E-state index contributed by atoms with van der Waals surface area (Å²) >= 11 is 0. The smallest absolute Gasteiger partial charge is 0.259 e. The lowest BCUT2D eigenvalue weighted by Gasteiger charge is -2.25. The Labute approximate surface area is 164 Å². The number of fused-ring (bicyclic) bond motifs is 1. The molecule has 0 saturated carbocycles. The number of benzene rings is 2. The highest BCUT2D eigenvalue weighted by atomic mass is 16.3. The number of rotatable bonds is 3. The monoisotopic (exact) mass is 378 g/mol. The average Bonchev–Trinajstić information content (AvgIpc) is 3.13. The topological polar surface area (TPSA) is 81.1 Å². The Kier molecular flexibility index (Phi) is 5.78. The second-order valence-corrected chi connectivity index (χ2v) is 6.82. The fraction of sp³-hybridized carbons (Fsp3) is 0.273. The molecule has 0 unspecified atom stereocenters. The molecule has 0 aromatic heterocycles. The van der Waals surface area contributed by atoms with E-state index < -0.39 is 24.0 Å². The number of aliphatic hydroxyl groups is 2. The summed E-state index contributed by atoms with van der Waals surface area (Å²) in [6.45, 7) is 0.379. The maximum Gasteiger partial charge on any atom is 0.259 e. The van der Waals surface area contributed by atoms with Crippen molar-refractivity contribution in [1.82, 2.24) is 4.90 Å². The van der Waals surface area contributed by atoms with Crippen LogP contribution < -0.4 is 4.90 Å². The van der Waals surface area contributed by atoms with Crippen LogP contribution in [0.15, 0.2) is 48.5 Å². The van der Waals surface area contributed by atoms with E-state index in [0.29, 0.717) is 18.7 Å². The van der Waals surface area contributed by atoms with Crippen LogP contribution in [-0.4, -0.2) is 59.8 Å². The molecule has 1 aliphatic rings. The van der Waals surface area contributed by atoms with E-state index >= 15 is 0 Å². The molecular formula is C22H22N2O4. The van der Waals surface area contributed by atoms with Gasteiger partial charge in [-0.3, -0.25) is 9.59 Å². The molecule has 2 N–H and O–H groups in total. The predicted molar refractivity (Wildman–Crippen MR) is 106 cm³/mol. The van der Waals surface area contributed by atoms with Crippen LogP contribution in [0.5, 0.6) is 0 Å². The molecular weight excluding hydrogens is 356 g/mol. The lowest BCUT2D eigenvalue weighted by atomic mass is 10.1. The molecule has 2 aromatic rings. The second kappa shape index (κ2) is 8.26. The minimum absolute atomic E-state index is 0.379. The predicted octanol–water partition coefficient (Wildman–Crippen LogP) is 0.786. The number of likely N-dealkylation sites (N-methyl/N-ethyl adjacent to an activating group) is 1. The first-order chi connectivity index (χ1) is 13.4. The minimum atomic E-state index is -1.82. The van der Waals surface area contributed by atoms with Crippen LogP contribution in [-0.2, 0) is 16.0 Å². The fourth-order valence-electron chi connectivity index (χ4n) is 3.05. The van der Waals surface area contributed by atoms with Gasteiger partial charge in [-0.05, 0) is 36.2 Å². The van der Waals surface area contributed by atoms with E-state index in [1.807, 2.05) is 42.5 Å². The van der Waals surface area contributed by atoms with Crippen molar-refractivity contribution in [3.05, 3.63) is 65.2 Å². The molecule has 0 saturated heterocycles. The van der Waals surface area contributed by atoms with Gasteiger partial charge in [-0.15, -0.1) is 0 Å². The van der Waals surface area contributed by atoms with E-state index in [-0.39, 0.29) is 0 Å². The minimum Gasteiger partial charge on any atom is -0.380 e. The summed E-state index contributed by atoms with van der Waals surface area (Å²) in [5.74, 6) is 4.73. The number of carbonyl (C=O) groups is 2. The molecule has 0 aliphatic carbocycles. The van der Waals surface area contributed by atoms with Gasteiger partial charge in [0.1, 0.15) is 0 Å². The molecule has 1 heterocycles. The van der Waals surface area contributed by atoms with Gasteiger partial charge < -0.3 is 20.0 Å². The molecule has 1 aliphatic heterocycles. The summed E-state index contributed by atoms with van der Waals surface area (Å²) in [6, 6.07) is 15.2. The van der Waals surface area contributed by atoms with Gasteiger partial charge in [0, 0.05) is 37.5 Å². The Bertz CT molecular complexity index is 944. The SMILES string of the molecule is CN(C)C(=O)[C@H](O)[C@@H](O)C(=O)N1CCc2ccc(C#Cc3ccccc3)cc21. The lowest BCUT2D eigenvalue weighted by molar-refractivity contribution is -0.150. The summed E-state index contributed by atoms with van der Waals surface area (Å²) < 4.78 is 0. The molecule has 2 atom stereocenters. The van der Waals surface area contributed by atoms with Gasteiger partial charge in [0.05, 0.1) is 0 Å². The fourth-order valence-corrected chi connectivity index (χ4v) is 3.05. The number of hydrogen-bond donors (Lipinski definition) is 2. The van der Waals surface area contributed by atoms with Gasteiger partial charge in [-0.1, -0.05) is 36.1 Å². The molecule has 6 heteroatoms. The molecule has 28 heavy (non-hydrogen) atoms. The molecule has 144 valence electrons. The molecule has 0 spiro atoms. The molecule has 6 nitrogen and oxygen atoms in total. The molecule has 0 bridgehead atoms. The number of hydrogen-bond acceptors (Lipinski definition) is 4. The maximum atomic E-state index is 12.7. The summed E-state index contributed by atoms with van der Waals surface area (Å²) in [5.41, 5.74) is 3.23. The van der Waals surface area contributed by atoms with Crippen LogP contribution in [0.25, 0.3) is 0 Å². The maximum absolute atomic E-state index is 12.7. The summed E-state index contributed by atoms with van der Waals surface area (Å²) in [4.78, 5) is 27.1. The Balaban J connectivity index is 1.82. The molecule has 2 aromatic carbocycles. The standard InChI is InChI=1S/C22H22N2O4/c1-23(2)21(27)19(25)20(26)22(28)24-13-12-17-11-10-16(14-18(17)24)9-8-15-6-4-3-5-7-15/h3-7,10-11,14,19-20,25-26H,12-13H2,1-2H3/t19-,20-/m1/s1. The first kappa shape index (κ1) is 19.6. The van der Waals surface area contributed by atoms with Gasteiger partial charge >= 0.3 is 0 Å². The third-order valence-electron chi connectivity index (χ3n) is 4.62. The van der Waals surface area contributed by atoms with Gasteiger partial charge in [-0.2, -0.15) is 0 Å². The lowest BCUT2D eigenvalue weighted by Crippen LogP contribution is -2.50. The number of carbonyl (C=O) groups excluding carboxylic acids is 2. The van der Waals surface area contributed by atoms with Crippen LogP contribution in [0.3, 0.4) is 0 Å². The highest BCUT2D eigenvalue weighted by Crippen LogP contribution is 2.29. The third-order valence-corrected chi connectivity index (χ3v) is 4.62. The second-order valence-electron chi connectivity index (χ2n) is 6.82. The number of aliphatic hydroxyl groups excluding tert-OH is 2. The van der Waals surface area contributed by atoms with Gasteiger partial charge in [0.2, 0.25) is 0 Å². The number of anilines is 1. The zero-order valence-corrected chi connectivity index (χ0v) is 15.8. The van der Waals surface area contributed by atoms with Crippen molar-refractivity contribution in [2.45, 2.75) is 18.6 Å². The van der Waals surface area contributed by atoms with Crippen LogP contribution in [0.4, 0.5) is 5.69 Å². The Morgan fingerprint density at radius 1 is 1.00 bits per heavy atom. The highest BCUT2D eigenvalue weighted by Gasteiger charge is 2.36. The summed E-state index contributed by atoms with van der Waals surface area (Å²) in [6.07, 6.45) is -2.98. The Morgan fingerprint density at radius 3 is 2.36 bits per heavy atom. The average molecular weight is 378 g/mol. The van der Waals surface area contributed by atoms with Crippen molar-refractivity contribution >= 4 is 17.5 Å². The van der Waals surface area contributed by atoms with Crippen LogP contribution in [0, 0.1) is 11.8 Å². The number of nitrogens with zero attached hydrogens (tertiary/aromatic N) is 2. The Hall–Kier alpha value is -3.14.